The lowest BCUT2D eigenvalue weighted by Crippen LogP contribution is -2.51. The number of nitrogens with zero attached hydrogens (tertiary/aromatic N) is 1. The third kappa shape index (κ3) is 4.10. The first-order valence-electron chi connectivity index (χ1n) is 11.2. The molecular formula is C25H29N4O2S+. The monoisotopic (exact) mass is 449 g/mol. The SMILES string of the molecule is C[N+]1(CC2CCC2)CCc2c(sc(NC(=O)Nc3ccc4ccccc4c3)c2C(N)=O)C1. The van der Waals surface area contributed by atoms with Crippen LogP contribution in [0.4, 0.5) is 15.5 Å². The van der Waals surface area contributed by atoms with Crippen LogP contribution in [-0.4, -0.2) is 36.6 Å². The summed E-state index contributed by atoms with van der Waals surface area (Å²) in [6.07, 6.45) is 4.83. The van der Waals surface area contributed by atoms with E-state index in [0.717, 1.165) is 46.2 Å². The van der Waals surface area contributed by atoms with E-state index in [4.69, 9.17) is 5.73 Å². The van der Waals surface area contributed by atoms with Crippen molar-refractivity contribution in [2.45, 2.75) is 32.2 Å². The molecule has 1 fully saturated rings. The number of rotatable bonds is 5. The van der Waals surface area contributed by atoms with Crippen molar-refractivity contribution in [3.8, 4) is 0 Å². The lowest BCUT2D eigenvalue weighted by Gasteiger charge is -2.42. The molecule has 0 saturated heterocycles. The average Bonchev–Trinajstić information content (AvgIpc) is 3.07. The standard InChI is InChI=1S/C25H28N4O2S/c1-29(14-16-5-4-6-16)12-11-20-21(15-29)32-24(22(20)23(26)30)28-25(31)27-19-10-9-17-7-2-3-8-18(17)13-19/h2-3,7-10,13,16H,4-6,11-12,14-15H2,1H3,(H3-,26,27,28,30,31)/p+1. The van der Waals surface area contributed by atoms with Gasteiger partial charge in [-0.15, -0.1) is 11.3 Å². The Hall–Kier alpha value is -2.90. The minimum atomic E-state index is -0.474. The zero-order valence-corrected chi connectivity index (χ0v) is 19.1. The van der Waals surface area contributed by atoms with E-state index >= 15 is 0 Å². The first-order chi connectivity index (χ1) is 15.4. The number of urea groups is 1. The van der Waals surface area contributed by atoms with E-state index < -0.39 is 5.91 Å². The van der Waals surface area contributed by atoms with Gasteiger partial charge in [-0.05, 0) is 41.3 Å². The van der Waals surface area contributed by atoms with Crippen molar-refractivity contribution in [1.82, 2.24) is 0 Å². The van der Waals surface area contributed by atoms with Crippen LogP contribution in [0.2, 0.25) is 0 Å². The molecule has 4 N–H and O–H groups in total. The summed E-state index contributed by atoms with van der Waals surface area (Å²) in [6, 6.07) is 13.4. The smallest absolute Gasteiger partial charge is 0.324 e. The number of hydrogen-bond acceptors (Lipinski definition) is 3. The van der Waals surface area contributed by atoms with E-state index in [9.17, 15) is 9.59 Å². The van der Waals surface area contributed by atoms with E-state index in [1.807, 2.05) is 42.5 Å². The second-order valence-electron chi connectivity index (χ2n) is 9.44. The van der Waals surface area contributed by atoms with Crippen LogP contribution in [0.3, 0.4) is 0 Å². The maximum absolute atomic E-state index is 12.8. The first-order valence-corrected chi connectivity index (χ1v) is 12.1. The number of hydrogen-bond donors (Lipinski definition) is 3. The Morgan fingerprint density at radius 2 is 1.91 bits per heavy atom. The molecule has 2 aliphatic rings. The van der Waals surface area contributed by atoms with Crippen LogP contribution in [-0.2, 0) is 13.0 Å². The number of thiophene rings is 1. The maximum Gasteiger partial charge on any atom is 0.324 e. The maximum atomic E-state index is 12.8. The number of anilines is 2. The Balaban J connectivity index is 1.34. The van der Waals surface area contributed by atoms with Crippen molar-refractivity contribution in [3.05, 3.63) is 58.5 Å². The van der Waals surface area contributed by atoms with Gasteiger partial charge in [0, 0.05) is 18.0 Å². The van der Waals surface area contributed by atoms with Crippen LogP contribution in [0.15, 0.2) is 42.5 Å². The number of nitrogens with one attached hydrogen (secondary N) is 2. The molecule has 0 spiro atoms. The predicted molar refractivity (Wildman–Crippen MR) is 130 cm³/mol. The summed E-state index contributed by atoms with van der Waals surface area (Å²) >= 11 is 1.50. The average molecular weight is 450 g/mol. The second-order valence-corrected chi connectivity index (χ2v) is 10.5. The fraction of sp³-hybridized carbons (Fsp3) is 0.360. The van der Waals surface area contributed by atoms with E-state index in [0.29, 0.717) is 16.3 Å². The molecule has 7 heteroatoms. The highest BCUT2D eigenvalue weighted by atomic mass is 32.1. The summed E-state index contributed by atoms with van der Waals surface area (Å²) in [5.41, 5.74) is 7.95. The number of fused-ring (bicyclic) bond motifs is 2. The molecule has 0 bridgehead atoms. The summed E-state index contributed by atoms with van der Waals surface area (Å²) in [5, 5.41) is 8.51. The van der Waals surface area contributed by atoms with Gasteiger partial charge in [-0.3, -0.25) is 10.1 Å². The summed E-state index contributed by atoms with van der Waals surface area (Å²) in [7, 11) is 2.31. The third-order valence-corrected chi connectivity index (χ3v) is 8.05. The van der Waals surface area contributed by atoms with Gasteiger partial charge in [-0.25, -0.2) is 4.79 Å². The van der Waals surface area contributed by atoms with Crippen molar-refractivity contribution in [2.24, 2.45) is 11.7 Å². The number of benzene rings is 2. The number of amides is 3. The van der Waals surface area contributed by atoms with E-state index in [-0.39, 0.29) is 6.03 Å². The van der Waals surface area contributed by atoms with Gasteiger partial charge < -0.3 is 15.5 Å². The molecule has 6 nitrogen and oxygen atoms in total. The largest absolute Gasteiger partial charge is 0.365 e. The van der Waals surface area contributed by atoms with Gasteiger partial charge in [0.25, 0.3) is 5.91 Å². The molecule has 3 amide bonds. The normalized spacial score (nSPS) is 20.4. The molecule has 1 atom stereocenters. The van der Waals surface area contributed by atoms with Crippen molar-refractivity contribution in [1.29, 1.82) is 0 Å². The topological polar surface area (TPSA) is 84.2 Å². The Labute approximate surface area is 192 Å². The molecule has 3 aromatic rings. The molecular weight excluding hydrogens is 420 g/mol. The molecule has 166 valence electrons. The van der Waals surface area contributed by atoms with Crippen LogP contribution in [0.25, 0.3) is 10.8 Å². The van der Waals surface area contributed by atoms with Crippen LogP contribution < -0.4 is 16.4 Å². The summed E-state index contributed by atoms with van der Waals surface area (Å²) < 4.78 is 0.999. The van der Waals surface area contributed by atoms with Crippen molar-refractivity contribution in [2.75, 3.05) is 30.8 Å². The molecule has 32 heavy (non-hydrogen) atoms. The fourth-order valence-electron chi connectivity index (χ4n) is 5.05. The molecule has 2 heterocycles. The van der Waals surface area contributed by atoms with Gasteiger partial charge in [0.2, 0.25) is 0 Å². The minimum Gasteiger partial charge on any atom is -0.365 e. The van der Waals surface area contributed by atoms with Gasteiger partial charge >= 0.3 is 6.03 Å². The zero-order chi connectivity index (χ0) is 22.3. The van der Waals surface area contributed by atoms with Gasteiger partial charge in [-0.2, -0.15) is 0 Å². The lowest BCUT2D eigenvalue weighted by molar-refractivity contribution is -0.927. The van der Waals surface area contributed by atoms with Crippen LogP contribution >= 0.6 is 11.3 Å². The highest BCUT2D eigenvalue weighted by Gasteiger charge is 2.37. The molecule has 2 aromatic carbocycles. The van der Waals surface area contributed by atoms with Crippen molar-refractivity contribution >= 4 is 44.7 Å². The third-order valence-electron chi connectivity index (χ3n) is 6.92. The van der Waals surface area contributed by atoms with Crippen LogP contribution in [0, 0.1) is 5.92 Å². The quantitative estimate of drug-likeness (QED) is 0.482. The number of carbonyl (C=O) groups is 2. The molecule has 0 radical (unpaired) electrons. The summed E-state index contributed by atoms with van der Waals surface area (Å²) in [6.45, 7) is 3.09. The lowest BCUT2D eigenvalue weighted by atomic mass is 9.84. The minimum absolute atomic E-state index is 0.368. The number of likely N-dealkylation sites (N-methyl/N-ethyl adjacent to an activating group) is 1. The highest BCUT2D eigenvalue weighted by molar-refractivity contribution is 7.17. The van der Waals surface area contributed by atoms with E-state index in [1.165, 1.54) is 42.0 Å². The summed E-state index contributed by atoms with van der Waals surface area (Å²) in [4.78, 5) is 26.2. The number of primary amides is 1. The highest BCUT2D eigenvalue weighted by Crippen LogP contribution is 2.40. The van der Waals surface area contributed by atoms with E-state index in [2.05, 4.69) is 17.7 Å². The fourth-order valence-corrected chi connectivity index (χ4v) is 6.47. The van der Waals surface area contributed by atoms with Crippen molar-refractivity contribution < 1.29 is 14.1 Å². The number of quaternary nitrogens is 1. The van der Waals surface area contributed by atoms with Gasteiger partial charge in [0.1, 0.15) is 11.5 Å². The van der Waals surface area contributed by atoms with E-state index in [1.54, 1.807) is 0 Å². The van der Waals surface area contributed by atoms with Gasteiger partial charge in [0.15, 0.2) is 0 Å². The predicted octanol–water partition coefficient (Wildman–Crippen LogP) is 4.95. The molecule has 5 rings (SSSR count). The summed E-state index contributed by atoms with van der Waals surface area (Å²) in [5.74, 6) is 0.348. The zero-order valence-electron chi connectivity index (χ0n) is 18.3. The number of carbonyl (C=O) groups excluding carboxylic acids is 2. The molecule has 1 aliphatic carbocycles. The molecule has 1 aromatic heterocycles. The number of nitrogens with two attached hydrogens (primary N) is 1. The molecule has 1 saturated carbocycles. The van der Waals surface area contributed by atoms with Crippen LogP contribution in [0.1, 0.15) is 40.1 Å². The Morgan fingerprint density at radius 1 is 1.12 bits per heavy atom. The Bertz CT molecular complexity index is 1200. The molecule has 1 aliphatic heterocycles. The van der Waals surface area contributed by atoms with Gasteiger partial charge in [0.05, 0.1) is 30.6 Å². The first kappa shape index (κ1) is 21.0. The van der Waals surface area contributed by atoms with Gasteiger partial charge in [-0.1, -0.05) is 36.8 Å². The van der Waals surface area contributed by atoms with Crippen LogP contribution in [0.5, 0.6) is 0 Å². The Kier molecular flexibility index (Phi) is 5.39. The Morgan fingerprint density at radius 3 is 2.62 bits per heavy atom. The van der Waals surface area contributed by atoms with Crippen molar-refractivity contribution in [3.63, 3.8) is 0 Å². The second kappa shape index (κ2) is 8.22. The molecule has 1 unspecified atom stereocenters.